The van der Waals surface area contributed by atoms with Crippen molar-refractivity contribution < 1.29 is 4.79 Å². The van der Waals surface area contributed by atoms with E-state index in [1.54, 1.807) is 6.20 Å². The summed E-state index contributed by atoms with van der Waals surface area (Å²) < 4.78 is 0. The second-order valence-corrected chi connectivity index (χ2v) is 8.66. The van der Waals surface area contributed by atoms with Gasteiger partial charge < -0.3 is 15.5 Å². The minimum Gasteiger partial charge on any atom is -0.355 e. The fraction of sp³-hybridized carbons (Fsp3) is 0.500. The maximum Gasteiger partial charge on any atom is 0.319 e. The standard InChI is InChI=1S/C24H33N5O/c1-19-9-14-28(15-10-19)18-21-7-4-6-20(16-21)17-26-24(30)27-22-8-5-11-25-23(22)29-12-2-3-13-29/h4-8,11,16,19H,2-3,9-10,12-15,17-18H2,1H3,(H2,26,27,30). The molecule has 4 rings (SSSR count). The van der Waals surface area contributed by atoms with Gasteiger partial charge in [0.15, 0.2) is 5.82 Å². The number of carbonyl (C=O) groups excluding carboxylic acids is 1. The molecule has 3 heterocycles. The van der Waals surface area contributed by atoms with Crippen molar-refractivity contribution in [3.05, 3.63) is 53.7 Å². The Morgan fingerprint density at radius 3 is 2.63 bits per heavy atom. The number of nitrogens with one attached hydrogen (secondary N) is 2. The molecule has 0 spiro atoms. The summed E-state index contributed by atoms with van der Waals surface area (Å²) in [5.41, 5.74) is 3.21. The first kappa shape index (κ1) is 20.7. The Kier molecular flexibility index (Phi) is 6.84. The van der Waals surface area contributed by atoms with E-state index in [1.165, 1.54) is 44.3 Å². The Balaban J connectivity index is 1.30. The number of piperidine rings is 1. The van der Waals surface area contributed by atoms with Crippen molar-refractivity contribution in [3.63, 3.8) is 0 Å². The molecule has 2 saturated heterocycles. The molecule has 160 valence electrons. The summed E-state index contributed by atoms with van der Waals surface area (Å²) >= 11 is 0. The van der Waals surface area contributed by atoms with Crippen LogP contribution in [-0.2, 0) is 13.1 Å². The Bertz CT molecular complexity index is 841. The van der Waals surface area contributed by atoms with Gasteiger partial charge >= 0.3 is 6.03 Å². The summed E-state index contributed by atoms with van der Waals surface area (Å²) in [6.45, 7) is 8.19. The minimum absolute atomic E-state index is 0.195. The van der Waals surface area contributed by atoms with Crippen molar-refractivity contribution in [1.29, 1.82) is 0 Å². The molecule has 0 radical (unpaired) electrons. The maximum absolute atomic E-state index is 12.5. The van der Waals surface area contributed by atoms with Crippen LogP contribution in [0.4, 0.5) is 16.3 Å². The highest BCUT2D eigenvalue weighted by Crippen LogP contribution is 2.26. The van der Waals surface area contributed by atoms with Gasteiger partial charge in [0.05, 0.1) is 5.69 Å². The van der Waals surface area contributed by atoms with Gasteiger partial charge in [-0.15, -0.1) is 0 Å². The average Bonchev–Trinajstić information content (AvgIpc) is 3.29. The second kappa shape index (κ2) is 9.94. The molecule has 2 fully saturated rings. The number of hydrogen-bond donors (Lipinski definition) is 2. The van der Waals surface area contributed by atoms with E-state index in [1.807, 2.05) is 12.1 Å². The molecule has 0 unspecified atom stereocenters. The Morgan fingerprint density at radius 2 is 1.83 bits per heavy atom. The first-order valence-electron chi connectivity index (χ1n) is 11.2. The summed E-state index contributed by atoms with van der Waals surface area (Å²) in [6.07, 6.45) is 6.71. The van der Waals surface area contributed by atoms with Crippen LogP contribution >= 0.6 is 0 Å². The van der Waals surface area contributed by atoms with Gasteiger partial charge in [0.25, 0.3) is 0 Å². The van der Waals surface area contributed by atoms with Crippen LogP contribution in [0.1, 0.15) is 43.7 Å². The number of benzene rings is 1. The molecule has 30 heavy (non-hydrogen) atoms. The molecule has 1 aromatic heterocycles. The molecule has 6 nitrogen and oxygen atoms in total. The van der Waals surface area contributed by atoms with Crippen LogP contribution in [0.3, 0.4) is 0 Å². The highest BCUT2D eigenvalue weighted by molar-refractivity contribution is 5.92. The molecule has 2 amide bonds. The number of urea groups is 1. The molecular weight excluding hydrogens is 374 g/mol. The largest absolute Gasteiger partial charge is 0.355 e. The third-order valence-electron chi connectivity index (χ3n) is 6.17. The molecule has 0 atom stereocenters. The van der Waals surface area contributed by atoms with Crippen molar-refractivity contribution >= 4 is 17.5 Å². The summed E-state index contributed by atoms with van der Waals surface area (Å²) in [5, 5.41) is 5.97. The number of likely N-dealkylation sites (tertiary alicyclic amines) is 1. The number of pyridine rings is 1. The Labute approximate surface area is 179 Å². The van der Waals surface area contributed by atoms with Crippen molar-refractivity contribution in [2.75, 3.05) is 36.4 Å². The lowest BCUT2D eigenvalue weighted by molar-refractivity contribution is 0.185. The van der Waals surface area contributed by atoms with Crippen LogP contribution in [0.25, 0.3) is 0 Å². The zero-order chi connectivity index (χ0) is 20.8. The number of anilines is 2. The van der Waals surface area contributed by atoms with E-state index < -0.39 is 0 Å². The van der Waals surface area contributed by atoms with Crippen molar-refractivity contribution in [2.45, 2.75) is 45.7 Å². The molecular formula is C24H33N5O. The van der Waals surface area contributed by atoms with Crippen LogP contribution in [0.2, 0.25) is 0 Å². The average molecular weight is 408 g/mol. The predicted octanol–water partition coefficient (Wildman–Crippen LogP) is 4.24. The normalized spacial score (nSPS) is 17.8. The molecule has 2 aliphatic heterocycles. The van der Waals surface area contributed by atoms with Crippen LogP contribution in [0, 0.1) is 5.92 Å². The first-order chi connectivity index (χ1) is 14.7. The van der Waals surface area contributed by atoms with Crippen molar-refractivity contribution in [2.24, 2.45) is 5.92 Å². The van der Waals surface area contributed by atoms with Gasteiger partial charge in [-0.3, -0.25) is 4.90 Å². The van der Waals surface area contributed by atoms with Crippen LogP contribution in [0.15, 0.2) is 42.6 Å². The van der Waals surface area contributed by atoms with Crippen LogP contribution in [-0.4, -0.2) is 42.1 Å². The lowest BCUT2D eigenvalue weighted by atomic mass is 9.98. The SMILES string of the molecule is CC1CCN(Cc2cccc(CNC(=O)Nc3cccnc3N3CCCC3)c2)CC1. The monoisotopic (exact) mass is 407 g/mol. The number of amides is 2. The smallest absolute Gasteiger partial charge is 0.319 e. The second-order valence-electron chi connectivity index (χ2n) is 8.66. The van der Waals surface area contributed by atoms with Gasteiger partial charge in [0, 0.05) is 32.4 Å². The van der Waals surface area contributed by atoms with E-state index in [-0.39, 0.29) is 6.03 Å². The van der Waals surface area contributed by atoms with Crippen molar-refractivity contribution in [1.82, 2.24) is 15.2 Å². The zero-order valence-electron chi connectivity index (χ0n) is 17.9. The zero-order valence-corrected chi connectivity index (χ0v) is 17.9. The van der Waals surface area contributed by atoms with Gasteiger partial charge in [-0.05, 0) is 68.0 Å². The van der Waals surface area contributed by atoms with E-state index in [4.69, 9.17) is 0 Å². The Morgan fingerprint density at radius 1 is 1.07 bits per heavy atom. The van der Waals surface area contributed by atoms with Gasteiger partial charge in [0.2, 0.25) is 0 Å². The predicted molar refractivity (Wildman–Crippen MR) is 122 cm³/mol. The first-order valence-corrected chi connectivity index (χ1v) is 11.2. The number of nitrogens with zero attached hydrogens (tertiary/aromatic N) is 3. The summed E-state index contributed by atoms with van der Waals surface area (Å²) in [4.78, 5) is 21.8. The van der Waals surface area contributed by atoms with E-state index in [9.17, 15) is 4.79 Å². The van der Waals surface area contributed by atoms with E-state index in [0.717, 1.165) is 42.6 Å². The van der Waals surface area contributed by atoms with Gasteiger partial charge in [0.1, 0.15) is 0 Å². The summed E-state index contributed by atoms with van der Waals surface area (Å²) in [5.74, 6) is 1.71. The molecule has 1 aromatic carbocycles. The van der Waals surface area contributed by atoms with Gasteiger partial charge in [-0.25, -0.2) is 9.78 Å². The molecule has 0 bridgehead atoms. The summed E-state index contributed by atoms with van der Waals surface area (Å²) in [7, 11) is 0. The molecule has 6 heteroatoms. The van der Waals surface area contributed by atoms with Crippen LogP contribution in [0.5, 0.6) is 0 Å². The van der Waals surface area contributed by atoms with Crippen LogP contribution < -0.4 is 15.5 Å². The lowest BCUT2D eigenvalue weighted by Crippen LogP contribution is -2.32. The number of carbonyl (C=O) groups is 1. The fourth-order valence-electron chi connectivity index (χ4n) is 4.34. The highest BCUT2D eigenvalue weighted by atomic mass is 16.2. The minimum atomic E-state index is -0.195. The number of aromatic nitrogens is 1. The lowest BCUT2D eigenvalue weighted by Gasteiger charge is -2.30. The molecule has 0 saturated carbocycles. The van der Waals surface area contributed by atoms with E-state index >= 15 is 0 Å². The number of hydrogen-bond acceptors (Lipinski definition) is 4. The molecule has 2 N–H and O–H groups in total. The molecule has 2 aromatic rings. The number of rotatable bonds is 6. The quantitative estimate of drug-likeness (QED) is 0.752. The summed E-state index contributed by atoms with van der Waals surface area (Å²) in [6, 6.07) is 12.1. The topological polar surface area (TPSA) is 60.5 Å². The molecule has 0 aliphatic carbocycles. The molecule has 2 aliphatic rings. The van der Waals surface area contributed by atoms with E-state index in [0.29, 0.717) is 6.54 Å². The highest BCUT2D eigenvalue weighted by Gasteiger charge is 2.18. The fourth-order valence-corrected chi connectivity index (χ4v) is 4.34. The van der Waals surface area contributed by atoms with Crippen molar-refractivity contribution in [3.8, 4) is 0 Å². The third kappa shape index (κ3) is 5.51. The Hall–Kier alpha value is -2.60. The van der Waals surface area contributed by atoms with Gasteiger partial charge in [-0.2, -0.15) is 0 Å². The third-order valence-corrected chi connectivity index (χ3v) is 6.17. The maximum atomic E-state index is 12.5. The van der Waals surface area contributed by atoms with Gasteiger partial charge in [-0.1, -0.05) is 31.2 Å². The van der Waals surface area contributed by atoms with E-state index in [2.05, 4.69) is 56.6 Å².